The van der Waals surface area contributed by atoms with Crippen LogP contribution in [0.3, 0.4) is 0 Å². The number of nitrogens with zero attached hydrogens (tertiary/aromatic N) is 2. The molecule has 1 rings (SSSR count). The first-order chi connectivity index (χ1) is 9.08. The van der Waals surface area contributed by atoms with E-state index >= 15 is 0 Å². The zero-order chi connectivity index (χ0) is 14.3. The zero-order valence-electron chi connectivity index (χ0n) is 12.9. The standard InChI is InChI=1S/C15H31N3O/c1-4-5-14(8-9-16)6-7-15(19)18-11-10-17(3)12-13(18)2/h13-14H,4-12,16H2,1-3H3. The number of hydrogen-bond donors (Lipinski definition) is 1. The van der Waals surface area contributed by atoms with E-state index in [1.165, 1.54) is 12.8 Å². The second-order valence-corrected chi connectivity index (χ2v) is 5.97. The summed E-state index contributed by atoms with van der Waals surface area (Å²) in [6, 6.07) is 0.352. The van der Waals surface area contributed by atoms with Crippen molar-refractivity contribution in [3.63, 3.8) is 0 Å². The Morgan fingerprint density at radius 2 is 2.05 bits per heavy atom. The fourth-order valence-electron chi connectivity index (χ4n) is 3.06. The van der Waals surface area contributed by atoms with E-state index in [1.807, 2.05) is 0 Å². The summed E-state index contributed by atoms with van der Waals surface area (Å²) in [5.41, 5.74) is 5.65. The van der Waals surface area contributed by atoms with E-state index in [4.69, 9.17) is 5.73 Å². The minimum absolute atomic E-state index is 0.332. The van der Waals surface area contributed by atoms with Crippen molar-refractivity contribution in [3.8, 4) is 0 Å². The first kappa shape index (κ1) is 16.4. The molecule has 112 valence electrons. The Hall–Kier alpha value is -0.610. The third-order valence-corrected chi connectivity index (χ3v) is 4.19. The monoisotopic (exact) mass is 269 g/mol. The third-order valence-electron chi connectivity index (χ3n) is 4.19. The van der Waals surface area contributed by atoms with Crippen LogP contribution in [0, 0.1) is 5.92 Å². The number of hydrogen-bond acceptors (Lipinski definition) is 3. The van der Waals surface area contributed by atoms with Gasteiger partial charge in [-0.25, -0.2) is 0 Å². The number of likely N-dealkylation sites (N-methyl/N-ethyl adjacent to an activating group) is 1. The van der Waals surface area contributed by atoms with Gasteiger partial charge >= 0.3 is 0 Å². The number of amides is 1. The topological polar surface area (TPSA) is 49.6 Å². The third kappa shape index (κ3) is 5.49. The molecule has 1 heterocycles. The highest BCUT2D eigenvalue weighted by Gasteiger charge is 2.25. The average Bonchev–Trinajstić information content (AvgIpc) is 2.36. The lowest BCUT2D eigenvalue weighted by atomic mass is 9.94. The van der Waals surface area contributed by atoms with Gasteiger partial charge in [0.1, 0.15) is 0 Å². The maximum atomic E-state index is 12.3. The van der Waals surface area contributed by atoms with E-state index < -0.39 is 0 Å². The van der Waals surface area contributed by atoms with E-state index in [2.05, 4.69) is 30.7 Å². The summed E-state index contributed by atoms with van der Waals surface area (Å²) < 4.78 is 0. The highest BCUT2D eigenvalue weighted by atomic mass is 16.2. The minimum atomic E-state index is 0.332. The Bertz CT molecular complexity index is 264. The summed E-state index contributed by atoms with van der Waals surface area (Å²) in [4.78, 5) is 16.7. The van der Waals surface area contributed by atoms with Gasteiger partial charge < -0.3 is 15.5 Å². The minimum Gasteiger partial charge on any atom is -0.337 e. The molecule has 0 aromatic rings. The number of carbonyl (C=O) groups is 1. The van der Waals surface area contributed by atoms with E-state index in [1.54, 1.807) is 0 Å². The Labute approximate surface area is 118 Å². The molecule has 2 unspecified atom stereocenters. The largest absolute Gasteiger partial charge is 0.337 e. The second kappa shape index (κ2) is 8.54. The summed E-state index contributed by atoms with van der Waals surface area (Å²) in [6.45, 7) is 7.96. The van der Waals surface area contributed by atoms with Crippen LogP contribution in [-0.4, -0.2) is 55.0 Å². The molecule has 2 atom stereocenters. The lowest BCUT2D eigenvalue weighted by molar-refractivity contribution is -0.135. The molecule has 1 saturated heterocycles. The molecule has 0 bridgehead atoms. The van der Waals surface area contributed by atoms with Crippen molar-refractivity contribution in [1.82, 2.24) is 9.80 Å². The molecule has 0 aromatic carbocycles. The van der Waals surface area contributed by atoms with Crippen LogP contribution >= 0.6 is 0 Å². The maximum absolute atomic E-state index is 12.3. The fraction of sp³-hybridized carbons (Fsp3) is 0.933. The highest BCUT2D eigenvalue weighted by Crippen LogP contribution is 2.19. The van der Waals surface area contributed by atoms with Crippen LogP contribution in [0.15, 0.2) is 0 Å². The molecule has 1 fully saturated rings. The molecule has 0 aliphatic carbocycles. The van der Waals surface area contributed by atoms with Crippen molar-refractivity contribution in [3.05, 3.63) is 0 Å². The molecule has 2 N–H and O–H groups in total. The zero-order valence-corrected chi connectivity index (χ0v) is 12.9. The number of carbonyl (C=O) groups excluding carboxylic acids is 1. The summed E-state index contributed by atoms with van der Waals surface area (Å²) >= 11 is 0. The van der Waals surface area contributed by atoms with Crippen molar-refractivity contribution in [2.45, 2.75) is 52.0 Å². The second-order valence-electron chi connectivity index (χ2n) is 5.97. The summed E-state index contributed by atoms with van der Waals surface area (Å²) in [5, 5.41) is 0. The van der Waals surface area contributed by atoms with Crippen LogP contribution in [0.1, 0.15) is 46.0 Å². The number of piperazine rings is 1. The van der Waals surface area contributed by atoms with E-state index in [9.17, 15) is 4.79 Å². The average molecular weight is 269 g/mol. The van der Waals surface area contributed by atoms with Gasteiger partial charge in [-0.3, -0.25) is 4.79 Å². The van der Waals surface area contributed by atoms with Crippen LogP contribution < -0.4 is 5.73 Å². The molecule has 1 amide bonds. The quantitative estimate of drug-likeness (QED) is 0.765. The molecule has 19 heavy (non-hydrogen) atoms. The summed E-state index contributed by atoms with van der Waals surface area (Å²) in [5.74, 6) is 0.959. The van der Waals surface area contributed by atoms with Crippen LogP contribution in [-0.2, 0) is 4.79 Å². The molecule has 0 saturated carbocycles. The fourth-order valence-corrected chi connectivity index (χ4v) is 3.06. The van der Waals surface area contributed by atoms with Gasteiger partial charge in [0.2, 0.25) is 5.91 Å². The Balaban J connectivity index is 2.37. The van der Waals surface area contributed by atoms with E-state index in [0.29, 0.717) is 24.3 Å². The van der Waals surface area contributed by atoms with E-state index in [-0.39, 0.29) is 0 Å². The van der Waals surface area contributed by atoms with Gasteiger partial charge in [0.25, 0.3) is 0 Å². The lowest BCUT2D eigenvalue weighted by Gasteiger charge is -2.38. The van der Waals surface area contributed by atoms with Crippen molar-refractivity contribution >= 4 is 5.91 Å². The van der Waals surface area contributed by atoms with Crippen LogP contribution in [0.2, 0.25) is 0 Å². The van der Waals surface area contributed by atoms with Crippen molar-refractivity contribution < 1.29 is 4.79 Å². The Kier molecular flexibility index (Phi) is 7.39. The molecule has 0 aromatic heterocycles. The number of nitrogens with two attached hydrogens (primary N) is 1. The SMILES string of the molecule is CCCC(CCN)CCC(=O)N1CCN(C)CC1C. The molecule has 4 nitrogen and oxygen atoms in total. The van der Waals surface area contributed by atoms with E-state index in [0.717, 1.165) is 39.0 Å². The van der Waals surface area contributed by atoms with Crippen LogP contribution in [0.5, 0.6) is 0 Å². The molecular weight excluding hydrogens is 238 g/mol. The van der Waals surface area contributed by atoms with Gasteiger partial charge in [-0.2, -0.15) is 0 Å². The van der Waals surface area contributed by atoms with Crippen molar-refractivity contribution in [2.24, 2.45) is 11.7 Å². The van der Waals surface area contributed by atoms with Crippen LogP contribution in [0.4, 0.5) is 0 Å². The Morgan fingerprint density at radius 3 is 2.63 bits per heavy atom. The molecule has 4 heteroatoms. The van der Waals surface area contributed by atoms with Crippen LogP contribution in [0.25, 0.3) is 0 Å². The molecule has 1 aliphatic heterocycles. The van der Waals surface area contributed by atoms with Gasteiger partial charge in [-0.1, -0.05) is 19.8 Å². The maximum Gasteiger partial charge on any atom is 0.222 e. The van der Waals surface area contributed by atoms with Crippen molar-refractivity contribution in [2.75, 3.05) is 33.2 Å². The lowest BCUT2D eigenvalue weighted by Crippen LogP contribution is -2.52. The highest BCUT2D eigenvalue weighted by molar-refractivity contribution is 5.76. The first-order valence-electron chi connectivity index (χ1n) is 7.76. The summed E-state index contributed by atoms with van der Waals surface area (Å²) in [6.07, 6.45) is 5.13. The molecule has 1 aliphatic rings. The predicted molar refractivity (Wildman–Crippen MR) is 80.0 cm³/mol. The van der Waals surface area contributed by atoms with Gasteiger partial charge in [-0.05, 0) is 39.3 Å². The van der Waals surface area contributed by atoms with Gasteiger partial charge in [0.05, 0.1) is 0 Å². The molecule has 0 spiro atoms. The van der Waals surface area contributed by atoms with Gasteiger partial charge in [0, 0.05) is 32.1 Å². The molecule has 0 radical (unpaired) electrons. The normalized spacial score (nSPS) is 22.5. The smallest absolute Gasteiger partial charge is 0.222 e. The predicted octanol–water partition coefficient (Wildman–Crippen LogP) is 1.69. The first-order valence-corrected chi connectivity index (χ1v) is 7.76. The summed E-state index contributed by atoms with van der Waals surface area (Å²) in [7, 11) is 2.12. The Morgan fingerprint density at radius 1 is 1.32 bits per heavy atom. The van der Waals surface area contributed by atoms with Gasteiger partial charge in [0.15, 0.2) is 0 Å². The van der Waals surface area contributed by atoms with Crippen molar-refractivity contribution in [1.29, 1.82) is 0 Å². The number of rotatable bonds is 7. The van der Waals surface area contributed by atoms with Gasteiger partial charge in [-0.15, -0.1) is 0 Å². The molecular formula is C15H31N3O.